The molecular weight excluding hydrogens is 280 g/mol. The first-order chi connectivity index (χ1) is 10.5. The summed E-state index contributed by atoms with van der Waals surface area (Å²) in [6, 6.07) is 7.85. The lowest BCUT2D eigenvalue weighted by molar-refractivity contribution is -0.139. The third kappa shape index (κ3) is 5.16. The normalized spacial score (nSPS) is 11.3. The molecule has 5 heteroatoms. The monoisotopic (exact) mass is 300 g/mol. The molecule has 116 valence electrons. The van der Waals surface area contributed by atoms with E-state index in [1.54, 1.807) is 6.08 Å². The van der Waals surface area contributed by atoms with Crippen LogP contribution in [0.15, 0.2) is 34.9 Å². The zero-order chi connectivity index (χ0) is 15.9. The van der Waals surface area contributed by atoms with Gasteiger partial charge in [0.25, 0.3) is 5.89 Å². The maximum atomic E-state index is 11.6. The second-order valence-electron chi connectivity index (χ2n) is 5.55. The van der Waals surface area contributed by atoms with Crippen molar-refractivity contribution in [1.82, 2.24) is 10.1 Å². The molecule has 0 saturated heterocycles. The van der Waals surface area contributed by atoms with Crippen molar-refractivity contribution in [2.75, 3.05) is 0 Å². The summed E-state index contributed by atoms with van der Waals surface area (Å²) < 4.78 is 10.1. The standard InChI is InChI=1S/C17H20N2O3/c1-12(2)10-15-18-16(22-19-15)11-21-17(20)9-8-14-6-4-13(3)5-7-14/h4-9,12H,10-11H2,1-3H3/b9-8+. The fraction of sp³-hybridized carbons (Fsp3) is 0.353. The van der Waals surface area contributed by atoms with Gasteiger partial charge in [0, 0.05) is 12.5 Å². The SMILES string of the molecule is Cc1ccc(/C=C/C(=O)OCc2nc(CC(C)C)no2)cc1. The van der Waals surface area contributed by atoms with Crippen molar-refractivity contribution in [2.45, 2.75) is 33.8 Å². The van der Waals surface area contributed by atoms with Gasteiger partial charge in [-0.05, 0) is 24.5 Å². The molecule has 0 N–H and O–H groups in total. The lowest BCUT2D eigenvalue weighted by atomic mass is 10.1. The Balaban J connectivity index is 1.82. The predicted octanol–water partition coefficient (Wildman–Crippen LogP) is 3.33. The fourth-order valence-corrected chi connectivity index (χ4v) is 1.82. The van der Waals surface area contributed by atoms with E-state index in [4.69, 9.17) is 9.26 Å². The van der Waals surface area contributed by atoms with E-state index in [2.05, 4.69) is 24.0 Å². The van der Waals surface area contributed by atoms with Crippen molar-refractivity contribution in [3.05, 3.63) is 53.2 Å². The minimum Gasteiger partial charge on any atom is -0.452 e. The highest BCUT2D eigenvalue weighted by atomic mass is 16.6. The molecule has 0 aliphatic carbocycles. The average molecular weight is 300 g/mol. The van der Waals surface area contributed by atoms with Crippen LogP contribution >= 0.6 is 0 Å². The summed E-state index contributed by atoms with van der Waals surface area (Å²) in [4.78, 5) is 15.8. The molecule has 1 heterocycles. The number of rotatable bonds is 6. The predicted molar refractivity (Wildman–Crippen MR) is 82.8 cm³/mol. The van der Waals surface area contributed by atoms with Crippen LogP contribution in [0, 0.1) is 12.8 Å². The molecule has 22 heavy (non-hydrogen) atoms. The number of esters is 1. The van der Waals surface area contributed by atoms with Crippen LogP contribution in [0.5, 0.6) is 0 Å². The Kier molecular flexibility index (Phi) is 5.47. The van der Waals surface area contributed by atoms with Crippen LogP contribution in [0.2, 0.25) is 0 Å². The van der Waals surface area contributed by atoms with E-state index < -0.39 is 5.97 Å². The Morgan fingerprint density at radius 1 is 1.32 bits per heavy atom. The van der Waals surface area contributed by atoms with Gasteiger partial charge in [0.1, 0.15) is 0 Å². The number of carbonyl (C=O) groups excluding carboxylic acids is 1. The minimum absolute atomic E-state index is 0.0117. The van der Waals surface area contributed by atoms with E-state index in [1.807, 2.05) is 31.2 Å². The van der Waals surface area contributed by atoms with Gasteiger partial charge in [0.2, 0.25) is 0 Å². The van der Waals surface area contributed by atoms with Gasteiger partial charge in [-0.3, -0.25) is 0 Å². The highest BCUT2D eigenvalue weighted by Gasteiger charge is 2.09. The van der Waals surface area contributed by atoms with Crippen LogP contribution in [0.1, 0.15) is 36.7 Å². The van der Waals surface area contributed by atoms with Gasteiger partial charge in [-0.2, -0.15) is 4.98 Å². The van der Waals surface area contributed by atoms with Crippen LogP contribution in [0.4, 0.5) is 0 Å². The highest BCUT2D eigenvalue weighted by Crippen LogP contribution is 2.07. The number of ether oxygens (including phenoxy) is 1. The van der Waals surface area contributed by atoms with E-state index in [9.17, 15) is 4.79 Å². The summed E-state index contributed by atoms with van der Waals surface area (Å²) in [6.07, 6.45) is 3.83. The van der Waals surface area contributed by atoms with E-state index in [1.165, 1.54) is 11.6 Å². The smallest absolute Gasteiger partial charge is 0.331 e. The number of benzene rings is 1. The van der Waals surface area contributed by atoms with Gasteiger partial charge in [0.05, 0.1) is 0 Å². The zero-order valence-corrected chi connectivity index (χ0v) is 13.1. The van der Waals surface area contributed by atoms with E-state index in [0.717, 1.165) is 12.0 Å². The highest BCUT2D eigenvalue weighted by molar-refractivity contribution is 5.86. The Bertz CT molecular complexity index is 642. The van der Waals surface area contributed by atoms with Gasteiger partial charge >= 0.3 is 5.97 Å². The lowest BCUT2D eigenvalue weighted by Gasteiger charge is -1.98. The fourth-order valence-electron chi connectivity index (χ4n) is 1.82. The van der Waals surface area contributed by atoms with Crippen molar-refractivity contribution >= 4 is 12.0 Å². The maximum Gasteiger partial charge on any atom is 0.331 e. The average Bonchev–Trinajstić information content (AvgIpc) is 2.91. The van der Waals surface area contributed by atoms with Gasteiger partial charge in [0.15, 0.2) is 12.4 Å². The van der Waals surface area contributed by atoms with Crippen molar-refractivity contribution < 1.29 is 14.1 Å². The van der Waals surface area contributed by atoms with Crippen molar-refractivity contribution in [1.29, 1.82) is 0 Å². The Morgan fingerprint density at radius 2 is 2.05 bits per heavy atom. The molecule has 0 aliphatic rings. The van der Waals surface area contributed by atoms with Crippen LogP contribution in [-0.2, 0) is 22.6 Å². The first kappa shape index (κ1) is 15.9. The van der Waals surface area contributed by atoms with E-state index >= 15 is 0 Å². The summed E-state index contributed by atoms with van der Waals surface area (Å²) in [6.45, 7) is 6.15. The van der Waals surface area contributed by atoms with Crippen LogP contribution < -0.4 is 0 Å². The second-order valence-corrected chi connectivity index (χ2v) is 5.55. The van der Waals surface area contributed by atoms with Gasteiger partial charge < -0.3 is 9.26 Å². The molecule has 0 amide bonds. The molecule has 0 atom stereocenters. The molecule has 2 aromatic rings. The van der Waals surface area contributed by atoms with E-state index in [0.29, 0.717) is 17.6 Å². The van der Waals surface area contributed by atoms with Gasteiger partial charge in [-0.25, -0.2) is 4.79 Å². The molecule has 2 rings (SSSR count). The molecule has 5 nitrogen and oxygen atoms in total. The molecule has 0 saturated carbocycles. The summed E-state index contributed by atoms with van der Waals surface area (Å²) >= 11 is 0. The number of aryl methyl sites for hydroxylation is 1. The third-order valence-electron chi connectivity index (χ3n) is 2.93. The summed E-state index contributed by atoms with van der Waals surface area (Å²) in [5, 5.41) is 3.84. The molecule has 0 fully saturated rings. The molecule has 0 spiro atoms. The summed E-state index contributed by atoms with van der Waals surface area (Å²) in [5.41, 5.74) is 2.12. The molecule has 1 aromatic carbocycles. The summed E-state index contributed by atoms with van der Waals surface area (Å²) in [5.74, 6) is 0.957. The van der Waals surface area contributed by atoms with Crippen LogP contribution in [0.3, 0.4) is 0 Å². The maximum absolute atomic E-state index is 11.6. The number of aromatic nitrogens is 2. The Morgan fingerprint density at radius 3 is 2.73 bits per heavy atom. The Hall–Kier alpha value is -2.43. The molecule has 0 unspecified atom stereocenters. The lowest BCUT2D eigenvalue weighted by Crippen LogP contribution is -2.01. The topological polar surface area (TPSA) is 65.2 Å². The van der Waals surface area contributed by atoms with Gasteiger partial charge in [-0.1, -0.05) is 48.8 Å². The third-order valence-corrected chi connectivity index (χ3v) is 2.93. The number of carbonyl (C=O) groups is 1. The summed E-state index contributed by atoms with van der Waals surface area (Å²) in [7, 11) is 0. The number of hydrogen-bond donors (Lipinski definition) is 0. The Labute approximate surface area is 130 Å². The quantitative estimate of drug-likeness (QED) is 0.604. The van der Waals surface area contributed by atoms with Gasteiger partial charge in [-0.15, -0.1) is 0 Å². The molecule has 0 aliphatic heterocycles. The zero-order valence-electron chi connectivity index (χ0n) is 13.1. The van der Waals surface area contributed by atoms with E-state index in [-0.39, 0.29) is 6.61 Å². The first-order valence-corrected chi connectivity index (χ1v) is 7.26. The minimum atomic E-state index is -0.441. The number of hydrogen-bond acceptors (Lipinski definition) is 5. The molecule has 0 bridgehead atoms. The molecule has 0 radical (unpaired) electrons. The van der Waals surface area contributed by atoms with Crippen LogP contribution in [-0.4, -0.2) is 16.1 Å². The van der Waals surface area contributed by atoms with Crippen molar-refractivity contribution in [3.8, 4) is 0 Å². The van der Waals surface area contributed by atoms with Crippen molar-refractivity contribution in [2.24, 2.45) is 5.92 Å². The largest absolute Gasteiger partial charge is 0.452 e. The molecule has 1 aromatic heterocycles. The van der Waals surface area contributed by atoms with Crippen LogP contribution in [0.25, 0.3) is 6.08 Å². The molecular formula is C17H20N2O3. The van der Waals surface area contributed by atoms with Crippen molar-refractivity contribution in [3.63, 3.8) is 0 Å². The first-order valence-electron chi connectivity index (χ1n) is 7.26. The number of nitrogens with zero attached hydrogens (tertiary/aromatic N) is 2. The second kappa shape index (κ2) is 7.54.